The summed E-state index contributed by atoms with van der Waals surface area (Å²) in [5.41, 5.74) is 2.20. The first-order chi connectivity index (χ1) is 16.1. The van der Waals surface area contributed by atoms with Crippen molar-refractivity contribution in [3.05, 3.63) is 45.9 Å². The van der Waals surface area contributed by atoms with Crippen LogP contribution in [0.2, 0.25) is 0 Å². The van der Waals surface area contributed by atoms with Crippen molar-refractivity contribution in [3.8, 4) is 18.4 Å². The Morgan fingerprint density at radius 1 is 1.09 bits per heavy atom. The number of nitriles is 1. The maximum absolute atomic E-state index is 13.0. The average molecular weight is 464 g/mol. The number of nitrogens with zero attached hydrogens (tertiary/aromatic N) is 5. The Labute approximate surface area is 197 Å². The van der Waals surface area contributed by atoms with Crippen LogP contribution in [0.25, 0.3) is 0 Å². The number of carbonyl (C=O) groups excluding carboxylic acids is 2. The van der Waals surface area contributed by atoms with Gasteiger partial charge < -0.3 is 19.4 Å². The van der Waals surface area contributed by atoms with Crippen LogP contribution in [0.4, 0.5) is 10.5 Å². The number of piperidine rings is 1. The number of amides is 2. The third-order valence-electron chi connectivity index (χ3n) is 6.05. The molecule has 0 radical (unpaired) electrons. The summed E-state index contributed by atoms with van der Waals surface area (Å²) < 4.78 is 4.99. The van der Waals surface area contributed by atoms with Crippen molar-refractivity contribution in [1.82, 2.24) is 14.8 Å². The summed E-state index contributed by atoms with van der Waals surface area (Å²) in [5.74, 6) is 2.50. The number of anilines is 1. The second kappa shape index (κ2) is 10.4. The molecule has 2 aliphatic rings. The number of aromatic nitrogens is 1. The van der Waals surface area contributed by atoms with Gasteiger partial charge in [0.1, 0.15) is 5.69 Å². The van der Waals surface area contributed by atoms with Crippen molar-refractivity contribution < 1.29 is 14.3 Å². The quantitative estimate of drug-likeness (QED) is 0.648. The van der Waals surface area contributed by atoms with Crippen LogP contribution in [0.3, 0.4) is 0 Å². The monoisotopic (exact) mass is 463 g/mol. The van der Waals surface area contributed by atoms with Crippen molar-refractivity contribution in [3.63, 3.8) is 0 Å². The first kappa shape index (κ1) is 22.6. The number of hydrogen-bond acceptors (Lipinski definition) is 7. The number of terminal acetylenes is 1. The fourth-order valence-corrected chi connectivity index (χ4v) is 5.12. The number of thiazole rings is 1. The number of rotatable bonds is 4. The Kier molecular flexibility index (Phi) is 7.11. The van der Waals surface area contributed by atoms with Gasteiger partial charge in [0.25, 0.3) is 5.91 Å². The zero-order valence-corrected chi connectivity index (χ0v) is 19.1. The van der Waals surface area contributed by atoms with Crippen molar-refractivity contribution in [2.75, 3.05) is 50.8 Å². The minimum absolute atomic E-state index is 0.0154. The van der Waals surface area contributed by atoms with Gasteiger partial charge in [-0.15, -0.1) is 17.8 Å². The van der Waals surface area contributed by atoms with Gasteiger partial charge in [0, 0.05) is 56.3 Å². The van der Waals surface area contributed by atoms with E-state index in [-0.39, 0.29) is 24.5 Å². The first-order valence-electron chi connectivity index (χ1n) is 10.9. The van der Waals surface area contributed by atoms with E-state index in [2.05, 4.69) is 21.9 Å². The Hall–Kier alpha value is -3.56. The smallest absolute Gasteiger partial charge is 0.410 e. The van der Waals surface area contributed by atoms with Crippen LogP contribution in [0.15, 0.2) is 29.6 Å². The summed E-state index contributed by atoms with van der Waals surface area (Å²) in [5, 5.41) is 11.7. The van der Waals surface area contributed by atoms with Gasteiger partial charge in [-0.25, -0.2) is 9.78 Å². The standard InChI is InChI=1S/C24H25N5O3S/c1-2-15-32-24(31)29-9-7-19(8-10-29)22-26-21(17-33-22)23(30)28-13-11-27(12-14-28)20-5-3-18(16-25)4-6-20/h1,3-6,17,19H,7-15H2. The number of ether oxygens (including phenoxy) is 1. The number of hydrogen-bond donors (Lipinski definition) is 0. The van der Waals surface area contributed by atoms with Crippen molar-refractivity contribution in [2.24, 2.45) is 0 Å². The van der Waals surface area contributed by atoms with E-state index >= 15 is 0 Å². The number of carbonyl (C=O) groups is 2. The molecule has 8 nitrogen and oxygen atoms in total. The molecule has 2 aromatic rings. The fraction of sp³-hybridized carbons (Fsp3) is 0.417. The van der Waals surface area contributed by atoms with E-state index in [4.69, 9.17) is 16.4 Å². The second-order valence-corrected chi connectivity index (χ2v) is 8.92. The van der Waals surface area contributed by atoms with E-state index in [0.29, 0.717) is 37.4 Å². The molecule has 1 aromatic heterocycles. The molecule has 0 bridgehead atoms. The predicted molar refractivity (Wildman–Crippen MR) is 125 cm³/mol. The number of benzene rings is 1. The summed E-state index contributed by atoms with van der Waals surface area (Å²) >= 11 is 1.52. The molecule has 3 heterocycles. The van der Waals surface area contributed by atoms with E-state index in [1.807, 2.05) is 34.5 Å². The lowest BCUT2D eigenvalue weighted by molar-refractivity contribution is 0.0741. The average Bonchev–Trinajstić information content (AvgIpc) is 3.37. The van der Waals surface area contributed by atoms with Gasteiger partial charge in [0.05, 0.1) is 16.6 Å². The zero-order chi connectivity index (χ0) is 23.2. The lowest BCUT2D eigenvalue weighted by Gasteiger charge is -2.35. The highest BCUT2D eigenvalue weighted by molar-refractivity contribution is 7.09. The summed E-state index contributed by atoms with van der Waals surface area (Å²) in [6, 6.07) is 9.65. The van der Waals surface area contributed by atoms with Crippen LogP contribution >= 0.6 is 11.3 Å². The van der Waals surface area contributed by atoms with E-state index in [0.717, 1.165) is 36.6 Å². The zero-order valence-electron chi connectivity index (χ0n) is 18.3. The first-order valence-corrected chi connectivity index (χ1v) is 11.8. The molecular formula is C24H25N5O3S. The molecule has 2 amide bonds. The third kappa shape index (κ3) is 5.27. The van der Waals surface area contributed by atoms with Crippen LogP contribution in [-0.4, -0.2) is 72.7 Å². The normalized spacial score (nSPS) is 16.7. The Morgan fingerprint density at radius 3 is 2.42 bits per heavy atom. The lowest BCUT2D eigenvalue weighted by Crippen LogP contribution is -2.48. The van der Waals surface area contributed by atoms with Gasteiger partial charge in [0.15, 0.2) is 6.61 Å². The molecule has 2 aliphatic heterocycles. The molecule has 0 atom stereocenters. The Morgan fingerprint density at radius 2 is 1.79 bits per heavy atom. The predicted octanol–water partition coefficient (Wildman–Crippen LogP) is 2.93. The van der Waals surface area contributed by atoms with E-state index in [9.17, 15) is 9.59 Å². The molecule has 0 spiro atoms. The molecule has 170 valence electrons. The maximum atomic E-state index is 13.0. The van der Waals surface area contributed by atoms with Gasteiger partial charge >= 0.3 is 6.09 Å². The molecule has 0 N–H and O–H groups in total. The largest absolute Gasteiger partial charge is 0.436 e. The van der Waals surface area contributed by atoms with Crippen molar-refractivity contribution in [2.45, 2.75) is 18.8 Å². The lowest BCUT2D eigenvalue weighted by atomic mass is 9.98. The van der Waals surface area contributed by atoms with Crippen LogP contribution in [0, 0.1) is 23.7 Å². The van der Waals surface area contributed by atoms with Crippen LogP contribution < -0.4 is 4.90 Å². The fourth-order valence-electron chi connectivity index (χ4n) is 4.15. The molecular weight excluding hydrogens is 438 g/mol. The van der Waals surface area contributed by atoms with E-state index in [1.54, 1.807) is 4.90 Å². The summed E-state index contributed by atoms with van der Waals surface area (Å²) in [7, 11) is 0. The molecule has 4 rings (SSSR count). The Balaban J connectivity index is 1.28. The molecule has 2 saturated heterocycles. The van der Waals surface area contributed by atoms with E-state index in [1.165, 1.54) is 11.3 Å². The highest BCUT2D eigenvalue weighted by Crippen LogP contribution is 2.31. The second-order valence-electron chi connectivity index (χ2n) is 8.03. The molecule has 33 heavy (non-hydrogen) atoms. The highest BCUT2D eigenvalue weighted by Gasteiger charge is 2.28. The number of likely N-dealkylation sites (tertiary alicyclic amines) is 1. The summed E-state index contributed by atoms with van der Waals surface area (Å²) in [4.78, 5) is 35.3. The minimum atomic E-state index is -0.374. The number of piperazine rings is 1. The van der Waals surface area contributed by atoms with Gasteiger partial charge in [0.2, 0.25) is 0 Å². The topological polar surface area (TPSA) is 89.8 Å². The Bertz CT molecular complexity index is 1070. The van der Waals surface area contributed by atoms with Crippen LogP contribution in [0.1, 0.15) is 39.8 Å². The van der Waals surface area contributed by atoms with E-state index < -0.39 is 0 Å². The maximum Gasteiger partial charge on any atom is 0.410 e. The molecule has 0 saturated carbocycles. The molecule has 2 fully saturated rings. The van der Waals surface area contributed by atoms with Gasteiger partial charge in [-0.05, 0) is 37.1 Å². The molecule has 9 heteroatoms. The van der Waals surface area contributed by atoms with Gasteiger partial charge in [-0.2, -0.15) is 5.26 Å². The summed E-state index contributed by atoms with van der Waals surface area (Å²) in [6.07, 6.45) is 6.33. The minimum Gasteiger partial charge on any atom is -0.436 e. The van der Waals surface area contributed by atoms with Crippen molar-refractivity contribution >= 4 is 29.0 Å². The highest BCUT2D eigenvalue weighted by atomic mass is 32.1. The third-order valence-corrected chi connectivity index (χ3v) is 7.06. The molecule has 0 aliphatic carbocycles. The van der Waals surface area contributed by atoms with Gasteiger partial charge in [-0.3, -0.25) is 4.79 Å². The molecule has 0 unspecified atom stereocenters. The van der Waals surface area contributed by atoms with Crippen LogP contribution in [0.5, 0.6) is 0 Å². The SMILES string of the molecule is C#CCOC(=O)N1CCC(c2nc(C(=O)N3CCN(c4ccc(C#N)cc4)CC3)cs2)CC1. The van der Waals surface area contributed by atoms with Gasteiger partial charge in [-0.1, -0.05) is 5.92 Å². The van der Waals surface area contributed by atoms with Crippen molar-refractivity contribution in [1.29, 1.82) is 5.26 Å². The van der Waals surface area contributed by atoms with Crippen LogP contribution in [-0.2, 0) is 4.74 Å². The summed E-state index contributed by atoms with van der Waals surface area (Å²) in [6.45, 7) is 3.90. The molecule has 1 aromatic carbocycles.